The summed E-state index contributed by atoms with van der Waals surface area (Å²) in [5, 5.41) is 5.57. The Morgan fingerprint density at radius 3 is 0.708 bits per heavy atom. The number of hydrogen-bond donors (Lipinski definition) is 0. The van der Waals surface area contributed by atoms with Gasteiger partial charge in [0.1, 0.15) is 0 Å². The van der Waals surface area contributed by atoms with Crippen LogP contribution >= 0.6 is 37.2 Å². The summed E-state index contributed by atoms with van der Waals surface area (Å²) in [7, 11) is -3.28. The molecule has 65 heavy (non-hydrogen) atoms. The average Bonchev–Trinajstić information content (AvgIpc) is 3.69. The van der Waals surface area contributed by atoms with Gasteiger partial charge in [0.2, 0.25) is 0 Å². The third-order valence-corrected chi connectivity index (χ3v) is 18.3. The van der Waals surface area contributed by atoms with Gasteiger partial charge in [0.25, 0.3) is 0 Å². The van der Waals surface area contributed by atoms with Crippen molar-refractivity contribution in [2.75, 3.05) is 0 Å². The van der Waals surface area contributed by atoms with Gasteiger partial charge in [-0.1, -0.05) is 0 Å². The van der Waals surface area contributed by atoms with E-state index in [4.69, 9.17) is 0 Å². The van der Waals surface area contributed by atoms with Gasteiger partial charge in [-0.05, 0) is 0 Å². The minimum absolute atomic E-state index is 0. The molecule has 1 aliphatic rings. The van der Waals surface area contributed by atoms with Crippen LogP contribution in [-0.4, -0.2) is 8.07 Å². The molecule has 0 heterocycles. The van der Waals surface area contributed by atoms with Gasteiger partial charge in [-0.25, -0.2) is 0 Å². The predicted molar refractivity (Wildman–Crippen MR) is 284 cm³/mol. The molecule has 9 aromatic rings. The van der Waals surface area contributed by atoms with E-state index in [1.165, 1.54) is 97.0 Å². The van der Waals surface area contributed by atoms with E-state index >= 15 is 0 Å². The maximum Gasteiger partial charge on any atom is -0.147 e. The zero-order valence-electron chi connectivity index (χ0n) is 36.0. The smallest absolute Gasteiger partial charge is 0.147 e. The molecule has 0 bridgehead atoms. The molecule has 0 spiro atoms. The molecule has 317 valence electrons. The fourth-order valence-corrected chi connectivity index (χ4v) is 15.2. The maximum atomic E-state index is 2.59. The Kier molecular flexibility index (Phi) is 15.3. The third-order valence-electron chi connectivity index (χ3n) is 12.5. The third kappa shape index (κ3) is 9.51. The van der Waals surface area contributed by atoms with Crippen LogP contribution in [0.2, 0.25) is 0 Å². The number of hydrogen-bond acceptors (Lipinski definition) is 0. The van der Waals surface area contributed by atoms with Crippen molar-refractivity contribution < 1.29 is 20.4 Å². The topological polar surface area (TPSA) is 0 Å². The Bertz CT molecular complexity index is 2600. The average molecular weight is 951 g/mol. The summed E-state index contributed by atoms with van der Waals surface area (Å²) in [6.45, 7) is 2.38. The molecule has 1 aliphatic carbocycles. The Morgan fingerprint density at radius 2 is 0.523 bits per heavy atom. The molecule has 0 unspecified atom stereocenters. The van der Waals surface area contributed by atoms with Crippen molar-refractivity contribution in [2.24, 2.45) is 0 Å². The summed E-state index contributed by atoms with van der Waals surface area (Å²) in [5.74, 6) is 0. The number of benzene rings is 9. The summed E-state index contributed by atoms with van der Waals surface area (Å²) in [4.78, 5) is 0. The van der Waals surface area contributed by atoms with Crippen LogP contribution in [0.25, 0.3) is 66.8 Å². The molecule has 0 amide bonds. The normalized spacial score (nSPS) is 12.0. The van der Waals surface area contributed by atoms with E-state index < -0.39 is 8.07 Å². The molecule has 0 atom stereocenters. The molecule has 0 fully saturated rings. The van der Waals surface area contributed by atoms with Crippen molar-refractivity contribution in [3.8, 4) is 66.8 Å². The van der Waals surface area contributed by atoms with Crippen LogP contribution in [0.1, 0.15) is 13.3 Å². The Balaban J connectivity index is 0.00000210. The van der Waals surface area contributed by atoms with E-state index in [2.05, 4.69) is 270 Å². The van der Waals surface area contributed by atoms with Crippen molar-refractivity contribution >= 4 is 60.9 Å². The molecule has 0 N–H and O–H groups in total. The van der Waals surface area contributed by atoms with Gasteiger partial charge in [-0.3, -0.25) is 0 Å². The fraction of sp³-hybridized carbons (Fsp3) is 0.0333. The Hall–Kier alpha value is -5.74. The molecule has 0 aliphatic heterocycles. The van der Waals surface area contributed by atoms with Crippen LogP contribution in [0.15, 0.2) is 257 Å². The minimum Gasteiger partial charge on any atom is -0.147 e. The van der Waals surface area contributed by atoms with E-state index in [1.54, 1.807) is 0 Å². The molecule has 0 saturated heterocycles. The fourth-order valence-electron chi connectivity index (χ4n) is 9.39. The molecule has 0 radical (unpaired) electrons. The first-order valence-electron chi connectivity index (χ1n) is 21.5. The van der Waals surface area contributed by atoms with E-state index in [0.717, 1.165) is 6.42 Å². The number of rotatable bonds is 10. The molecule has 0 aromatic heterocycles. The van der Waals surface area contributed by atoms with Crippen LogP contribution < -0.4 is 15.6 Å². The number of halogens is 3. The van der Waals surface area contributed by atoms with E-state index in [-0.39, 0.29) is 37.2 Å². The molecule has 9 aromatic carbocycles. The first-order valence-corrected chi connectivity index (χ1v) is 24.2. The minimum atomic E-state index is -3.28. The van der Waals surface area contributed by atoms with Crippen molar-refractivity contribution in [3.63, 3.8) is 0 Å². The molecule has 10 rings (SSSR count). The van der Waals surface area contributed by atoms with Gasteiger partial charge >= 0.3 is 381 Å². The van der Waals surface area contributed by atoms with Gasteiger partial charge in [-0.15, -0.1) is 37.2 Å². The second-order valence-corrected chi connectivity index (χ2v) is 21.0. The standard InChI is InChI=1S/C60H45Si.3ClH.Ti/c1-44-21-20-34-60(44)61(57-38-51(45-22-8-2-9-23-45)35-52(39-57)46-24-10-3-11-25-46,58-40-53(47-26-12-4-13-27-47)36-54(41-58)48-28-14-5-15-29-48)59-42-55(49-30-16-6-17-31-49)37-56(43-59)50-32-18-7-19-33-50;;;;/h2-19,22-43H,20H2,1H3;3*1H;. The van der Waals surface area contributed by atoms with E-state index in [9.17, 15) is 0 Å². The summed E-state index contributed by atoms with van der Waals surface area (Å²) in [6.07, 6.45) is 3.52. The van der Waals surface area contributed by atoms with Crippen LogP contribution in [0.4, 0.5) is 0 Å². The largest absolute Gasteiger partial charge is 0.147 e. The van der Waals surface area contributed by atoms with Crippen LogP contribution in [0, 0.1) is 0 Å². The summed E-state index contributed by atoms with van der Waals surface area (Å²) in [5.41, 5.74) is 16.0. The molecule has 0 saturated carbocycles. The summed E-state index contributed by atoms with van der Waals surface area (Å²) < 4.78 is 1.43. The molecular weight excluding hydrogens is 903 g/mol. The molecular formula is C60H48Cl3SiTi. The van der Waals surface area contributed by atoms with Crippen LogP contribution in [-0.2, 0) is 20.4 Å². The molecule has 0 nitrogen and oxygen atoms in total. The summed E-state index contributed by atoms with van der Waals surface area (Å²) >= 11 is 2.33. The van der Waals surface area contributed by atoms with Gasteiger partial charge in [0.15, 0.2) is 0 Å². The van der Waals surface area contributed by atoms with E-state index in [1.807, 2.05) is 0 Å². The zero-order chi connectivity index (χ0) is 41.9. The summed E-state index contributed by atoms with van der Waals surface area (Å²) in [6, 6.07) is 88.2. The predicted octanol–water partition coefficient (Wildman–Crippen LogP) is 15.1. The SMILES string of the molecule is CC1=[C]([Ti])CC=C1[Si](c1cc(-c2ccccc2)cc(-c2ccccc2)c1)(c1cc(-c2ccccc2)cc(-c2ccccc2)c1)c1cc(-c2ccccc2)cc(-c2ccccc2)c1.Cl.Cl.Cl. The Morgan fingerprint density at radius 1 is 0.308 bits per heavy atom. The van der Waals surface area contributed by atoms with E-state index in [0.29, 0.717) is 0 Å². The van der Waals surface area contributed by atoms with Crippen molar-refractivity contribution in [3.05, 3.63) is 257 Å². The Labute approximate surface area is 415 Å². The van der Waals surface area contributed by atoms with Crippen molar-refractivity contribution in [1.82, 2.24) is 0 Å². The first-order chi connectivity index (χ1) is 30.5. The van der Waals surface area contributed by atoms with Crippen molar-refractivity contribution in [1.29, 1.82) is 0 Å². The first kappa shape index (κ1) is 47.2. The second kappa shape index (κ2) is 21.1. The van der Waals surface area contributed by atoms with Gasteiger partial charge in [0, 0.05) is 0 Å². The van der Waals surface area contributed by atoms with Gasteiger partial charge in [-0.2, -0.15) is 0 Å². The maximum absolute atomic E-state index is 3.28. The van der Waals surface area contributed by atoms with Crippen molar-refractivity contribution in [2.45, 2.75) is 13.3 Å². The zero-order valence-corrected chi connectivity index (χ0v) is 41.0. The quantitative estimate of drug-likeness (QED) is 0.0947. The molecule has 5 heteroatoms. The number of allylic oxidation sites excluding steroid dienone is 4. The van der Waals surface area contributed by atoms with Crippen LogP contribution in [0.5, 0.6) is 0 Å². The second-order valence-electron chi connectivity index (χ2n) is 16.3. The van der Waals surface area contributed by atoms with Gasteiger partial charge < -0.3 is 0 Å². The van der Waals surface area contributed by atoms with Crippen LogP contribution in [0.3, 0.4) is 0 Å². The monoisotopic (exact) mass is 949 g/mol. The van der Waals surface area contributed by atoms with Gasteiger partial charge in [0.05, 0.1) is 0 Å².